The van der Waals surface area contributed by atoms with Crippen LogP contribution in [0.25, 0.3) is 0 Å². The summed E-state index contributed by atoms with van der Waals surface area (Å²) in [4.78, 5) is 12.4. The standard InChI is InChI=1S/C18H34N2O/c1-12-5-4-6-15(9-12)7-8-20-18(21)16-11-17(19)14(3)10-13(16)2/h12-17H,4-11,19H2,1-3H3,(H,20,21). The average molecular weight is 294 g/mol. The van der Waals surface area contributed by atoms with Gasteiger partial charge in [0.15, 0.2) is 0 Å². The van der Waals surface area contributed by atoms with Crippen LogP contribution in [0, 0.1) is 29.6 Å². The van der Waals surface area contributed by atoms with Gasteiger partial charge in [0.05, 0.1) is 0 Å². The van der Waals surface area contributed by atoms with Crippen LogP contribution in [0.15, 0.2) is 0 Å². The van der Waals surface area contributed by atoms with Crippen molar-refractivity contribution >= 4 is 5.91 Å². The molecule has 0 bridgehead atoms. The maximum absolute atomic E-state index is 12.4. The molecule has 2 aliphatic carbocycles. The van der Waals surface area contributed by atoms with Gasteiger partial charge in [0, 0.05) is 18.5 Å². The minimum Gasteiger partial charge on any atom is -0.356 e. The molecule has 6 atom stereocenters. The topological polar surface area (TPSA) is 55.1 Å². The summed E-state index contributed by atoms with van der Waals surface area (Å²) in [5.74, 6) is 3.08. The highest BCUT2D eigenvalue weighted by molar-refractivity contribution is 5.79. The summed E-state index contributed by atoms with van der Waals surface area (Å²) in [5.41, 5.74) is 6.15. The Bertz CT molecular complexity index is 344. The Balaban J connectivity index is 1.71. The van der Waals surface area contributed by atoms with Crippen LogP contribution in [-0.4, -0.2) is 18.5 Å². The molecule has 0 saturated heterocycles. The molecule has 2 rings (SSSR count). The van der Waals surface area contributed by atoms with Gasteiger partial charge in [0.25, 0.3) is 0 Å². The lowest BCUT2D eigenvalue weighted by Gasteiger charge is -2.36. The van der Waals surface area contributed by atoms with Crippen molar-refractivity contribution in [2.75, 3.05) is 6.54 Å². The molecule has 3 heteroatoms. The molecule has 21 heavy (non-hydrogen) atoms. The summed E-state index contributed by atoms with van der Waals surface area (Å²) in [7, 11) is 0. The van der Waals surface area contributed by atoms with Gasteiger partial charge in [0.1, 0.15) is 0 Å². The van der Waals surface area contributed by atoms with Crippen LogP contribution in [0.3, 0.4) is 0 Å². The molecule has 0 aliphatic heterocycles. The highest BCUT2D eigenvalue weighted by Gasteiger charge is 2.34. The molecule has 6 unspecified atom stereocenters. The third-order valence-electron chi connectivity index (χ3n) is 5.92. The Morgan fingerprint density at radius 2 is 1.86 bits per heavy atom. The molecule has 0 aromatic rings. The molecule has 2 aliphatic rings. The lowest BCUT2D eigenvalue weighted by Crippen LogP contribution is -2.45. The predicted octanol–water partition coefficient (Wildman–Crippen LogP) is 3.33. The fraction of sp³-hybridized carbons (Fsp3) is 0.944. The quantitative estimate of drug-likeness (QED) is 0.835. The van der Waals surface area contributed by atoms with Gasteiger partial charge in [-0.3, -0.25) is 4.79 Å². The van der Waals surface area contributed by atoms with Gasteiger partial charge < -0.3 is 11.1 Å². The minimum atomic E-state index is 0.126. The molecule has 2 saturated carbocycles. The molecule has 0 heterocycles. The zero-order chi connectivity index (χ0) is 15.4. The Hall–Kier alpha value is -0.570. The van der Waals surface area contributed by atoms with E-state index in [-0.39, 0.29) is 17.9 Å². The third-order valence-corrected chi connectivity index (χ3v) is 5.92. The van der Waals surface area contributed by atoms with Crippen LogP contribution < -0.4 is 11.1 Å². The summed E-state index contributed by atoms with van der Waals surface area (Å²) in [6.45, 7) is 7.62. The van der Waals surface area contributed by atoms with Crippen LogP contribution in [0.1, 0.15) is 65.7 Å². The van der Waals surface area contributed by atoms with Gasteiger partial charge in [-0.25, -0.2) is 0 Å². The molecule has 122 valence electrons. The Morgan fingerprint density at radius 1 is 1.10 bits per heavy atom. The van der Waals surface area contributed by atoms with Crippen molar-refractivity contribution in [2.24, 2.45) is 35.3 Å². The zero-order valence-corrected chi connectivity index (χ0v) is 14.1. The maximum atomic E-state index is 12.4. The fourth-order valence-corrected chi connectivity index (χ4v) is 4.40. The van der Waals surface area contributed by atoms with E-state index in [1.807, 2.05) is 0 Å². The second kappa shape index (κ2) is 7.62. The number of rotatable bonds is 4. The van der Waals surface area contributed by atoms with Gasteiger partial charge in [0.2, 0.25) is 5.91 Å². The van der Waals surface area contributed by atoms with Crippen molar-refractivity contribution in [1.29, 1.82) is 0 Å². The maximum Gasteiger partial charge on any atom is 0.223 e. The van der Waals surface area contributed by atoms with E-state index in [9.17, 15) is 4.79 Å². The molecule has 2 fully saturated rings. The van der Waals surface area contributed by atoms with Gasteiger partial charge in [-0.05, 0) is 49.4 Å². The molecule has 1 amide bonds. The second-order valence-electron chi connectivity index (χ2n) is 7.91. The van der Waals surface area contributed by atoms with E-state index in [2.05, 4.69) is 26.1 Å². The van der Waals surface area contributed by atoms with Crippen LogP contribution in [0.5, 0.6) is 0 Å². The van der Waals surface area contributed by atoms with Crippen molar-refractivity contribution in [1.82, 2.24) is 5.32 Å². The van der Waals surface area contributed by atoms with Crippen LogP contribution in [0.2, 0.25) is 0 Å². The van der Waals surface area contributed by atoms with E-state index < -0.39 is 0 Å². The average Bonchev–Trinajstić information content (AvgIpc) is 2.43. The highest BCUT2D eigenvalue weighted by Crippen LogP contribution is 2.33. The lowest BCUT2D eigenvalue weighted by atomic mass is 9.72. The largest absolute Gasteiger partial charge is 0.356 e. The first kappa shape index (κ1) is 16.8. The first-order valence-electron chi connectivity index (χ1n) is 9.00. The number of carbonyl (C=O) groups is 1. The van der Waals surface area contributed by atoms with Crippen molar-refractivity contribution in [2.45, 2.75) is 71.8 Å². The second-order valence-corrected chi connectivity index (χ2v) is 7.91. The van der Waals surface area contributed by atoms with E-state index in [0.29, 0.717) is 11.8 Å². The monoisotopic (exact) mass is 294 g/mol. The molecule has 0 spiro atoms. The normalized spacial score (nSPS) is 40.8. The number of carbonyl (C=O) groups excluding carboxylic acids is 1. The molecular formula is C18H34N2O. The van der Waals surface area contributed by atoms with E-state index in [4.69, 9.17) is 5.73 Å². The highest BCUT2D eigenvalue weighted by atomic mass is 16.1. The summed E-state index contributed by atoms with van der Waals surface area (Å²) in [6, 6.07) is 0.191. The fourth-order valence-electron chi connectivity index (χ4n) is 4.40. The van der Waals surface area contributed by atoms with Gasteiger partial charge >= 0.3 is 0 Å². The summed E-state index contributed by atoms with van der Waals surface area (Å²) < 4.78 is 0. The van der Waals surface area contributed by atoms with Crippen molar-refractivity contribution in [3.05, 3.63) is 0 Å². The number of hydrogen-bond acceptors (Lipinski definition) is 2. The number of nitrogens with two attached hydrogens (primary N) is 1. The first-order chi connectivity index (χ1) is 9.97. The SMILES string of the molecule is CC1CCCC(CCNC(=O)C2CC(N)C(C)CC2C)C1. The zero-order valence-electron chi connectivity index (χ0n) is 14.1. The Labute approximate surface area is 130 Å². The molecule has 0 aromatic heterocycles. The third kappa shape index (κ3) is 4.70. The molecule has 3 nitrogen and oxygen atoms in total. The minimum absolute atomic E-state index is 0.126. The smallest absolute Gasteiger partial charge is 0.223 e. The van der Waals surface area contributed by atoms with Crippen LogP contribution in [0.4, 0.5) is 0 Å². The molecule has 3 N–H and O–H groups in total. The van der Waals surface area contributed by atoms with E-state index in [1.54, 1.807) is 0 Å². The van der Waals surface area contributed by atoms with Crippen molar-refractivity contribution in [3.8, 4) is 0 Å². The van der Waals surface area contributed by atoms with Gasteiger partial charge in [-0.15, -0.1) is 0 Å². The summed E-state index contributed by atoms with van der Waals surface area (Å²) >= 11 is 0. The van der Waals surface area contributed by atoms with Crippen LogP contribution >= 0.6 is 0 Å². The van der Waals surface area contributed by atoms with Gasteiger partial charge in [-0.1, -0.05) is 40.0 Å². The van der Waals surface area contributed by atoms with Crippen molar-refractivity contribution in [3.63, 3.8) is 0 Å². The Morgan fingerprint density at radius 3 is 2.57 bits per heavy atom. The van der Waals surface area contributed by atoms with E-state index in [0.717, 1.165) is 37.6 Å². The van der Waals surface area contributed by atoms with E-state index in [1.165, 1.54) is 25.7 Å². The summed E-state index contributed by atoms with van der Waals surface area (Å²) in [5, 5.41) is 3.19. The summed E-state index contributed by atoms with van der Waals surface area (Å²) in [6.07, 6.45) is 8.54. The number of hydrogen-bond donors (Lipinski definition) is 2. The first-order valence-corrected chi connectivity index (χ1v) is 9.00. The number of amides is 1. The van der Waals surface area contributed by atoms with E-state index >= 15 is 0 Å². The molecule has 0 radical (unpaired) electrons. The molecule has 0 aromatic carbocycles. The number of nitrogens with one attached hydrogen (secondary N) is 1. The van der Waals surface area contributed by atoms with Crippen molar-refractivity contribution < 1.29 is 4.79 Å². The predicted molar refractivity (Wildman–Crippen MR) is 87.8 cm³/mol. The van der Waals surface area contributed by atoms with Crippen LogP contribution in [-0.2, 0) is 4.79 Å². The molecular weight excluding hydrogens is 260 g/mol. The van der Waals surface area contributed by atoms with Gasteiger partial charge in [-0.2, -0.15) is 0 Å². The lowest BCUT2D eigenvalue weighted by molar-refractivity contribution is -0.128. The Kier molecular flexibility index (Phi) is 6.09.